The molecule has 1 heterocycles. The number of allylic oxidation sites excluding steroid dienone is 2. The molecular weight excluding hydrogens is 397 g/mol. The molecule has 0 saturated carbocycles. The van der Waals surface area contributed by atoms with E-state index in [1.807, 2.05) is 6.92 Å². The summed E-state index contributed by atoms with van der Waals surface area (Å²) in [6.07, 6.45) is 1.44. The van der Waals surface area contributed by atoms with E-state index in [2.05, 4.69) is 10.3 Å². The first kappa shape index (κ1) is 19.5. The van der Waals surface area contributed by atoms with E-state index in [1.54, 1.807) is 6.07 Å². The molecule has 27 heavy (non-hydrogen) atoms. The summed E-state index contributed by atoms with van der Waals surface area (Å²) < 4.78 is 37.8. The Balaban J connectivity index is 1.99. The van der Waals surface area contributed by atoms with E-state index >= 15 is 0 Å². The number of aromatic nitrogens is 1. The number of anilines is 1. The zero-order valence-corrected chi connectivity index (χ0v) is 15.6. The number of nitrogens with one attached hydrogen (secondary N) is 1. The Hall–Kier alpha value is -2.26. The van der Waals surface area contributed by atoms with Crippen molar-refractivity contribution in [2.24, 2.45) is 0 Å². The molecule has 0 saturated heterocycles. The minimum Gasteiger partial charge on any atom is -0.351 e. The summed E-state index contributed by atoms with van der Waals surface area (Å²) in [5.74, 6) is -0.242. The molecule has 1 aliphatic carbocycles. The summed E-state index contributed by atoms with van der Waals surface area (Å²) in [4.78, 5) is 29.8. The van der Waals surface area contributed by atoms with E-state index in [-0.39, 0.29) is 44.3 Å². The third kappa shape index (κ3) is 4.36. The zero-order chi connectivity index (χ0) is 19.6. The molecule has 1 N–H and O–H groups in total. The standard InChI is InChI=1S/C18H13F3N2O2S2/c1-2-26-17-14(15(24)12-7-4-8-22-13(12)16(17)25)23-10-5-3-6-11(9-10)27-18(19,20)21/h3-9,23H,2H2,1H3. The van der Waals surface area contributed by atoms with Crippen molar-refractivity contribution in [1.82, 2.24) is 4.98 Å². The molecular formula is C18H13F3N2O2S2. The van der Waals surface area contributed by atoms with Gasteiger partial charge >= 0.3 is 5.51 Å². The lowest BCUT2D eigenvalue weighted by molar-refractivity contribution is -0.0328. The number of carbonyl (C=O) groups is 2. The molecule has 0 radical (unpaired) electrons. The van der Waals surface area contributed by atoms with Crippen LogP contribution in [0, 0.1) is 0 Å². The topological polar surface area (TPSA) is 59.1 Å². The van der Waals surface area contributed by atoms with Gasteiger partial charge in [0, 0.05) is 16.8 Å². The van der Waals surface area contributed by atoms with E-state index in [9.17, 15) is 22.8 Å². The molecule has 0 aliphatic heterocycles. The Kier molecular flexibility index (Phi) is 5.61. The molecule has 1 aromatic carbocycles. The van der Waals surface area contributed by atoms with E-state index < -0.39 is 11.3 Å². The second-order valence-corrected chi connectivity index (χ2v) is 7.81. The summed E-state index contributed by atoms with van der Waals surface area (Å²) in [5, 5.41) is 2.84. The smallest absolute Gasteiger partial charge is 0.351 e. The first-order valence-electron chi connectivity index (χ1n) is 7.84. The van der Waals surface area contributed by atoms with Crippen LogP contribution in [0.4, 0.5) is 18.9 Å². The Labute approximate surface area is 161 Å². The van der Waals surface area contributed by atoms with Crippen molar-refractivity contribution in [2.45, 2.75) is 17.3 Å². The molecule has 140 valence electrons. The summed E-state index contributed by atoms with van der Waals surface area (Å²) in [6.45, 7) is 1.83. The summed E-state index contributed by atoms with van der Waals surface area (Å²) in [7, 11) is 0. The van der Waals surface area contributed by atoms with Gasteiger partial charge in [-0.15, -0.1) is 11.8 Å². The van der Waals surface area contributed by atoms with E-state index in [0.29, 0.717) is 11.4 Å². The number of alkyl halides is 3. The number of Topliss-reactive ketones (excluding diaryl/α,β-unsaturated/α-hetero) is 2. The Morgan fingerprint density at radius 2 is 1.89 bits per heavy atom. The molecule has 0 bridgehead atoms. The van der Waals surface area contributed by atoms with E-state index in [1.165, 1.54) is 48.3 Å². The third-order valence-electron chi connectivity index (χ3n) is 3.55. The van der Waals surface area contributed by atoms with Crippen molar-refractivity contribution >= 4 is 40.8 Å². The average molecular weight is 410 g/mol. The van der Waals surface area contributed by atoms with Gasteiger partial charge in [-0.1, -0.05) is 13.0 Å². The maximum atomic E-state index is 12.9. The predicted molar refractivity (Wildman–Crippen MR) is 100 cm³/mol. The van der Waals surface area contributed by atoms with Crippen LogP contribution in [-0.2, 0) is 0 Å². The fourth-order valence-corrected chi connectivity index (χ4v) is 3.94. The van der Waals surface area contributed by atoms with Crippen molar-refractivity contribution in [3.8, 4) is 0 Å². The number of benzene rings is 1. The molecule has 9 heteroatoms. The van der Waals surface area contributed by atoms with Gasteiger partial charge in [0.25, 0.3) is 0 Å². The number of rotatable bonds is 5. The number of halogens is 3. The number of fused-ring (bicyclic) bond motifs is 1. The van der Waals surface area contributed by atoms with Crippen molar-refractivity contribution in [3.05, 3.63) is 64.5 Å². The van der Waals surface area contributed by atoms with Gasteiger partial charge in [0.15, 0.2) is 0 Å². The summed E-state index contributed by atoms with van der Waals surface area (Å²) >= 11 is 0.946. The van der Waals surface area contributed by atoms with Crippen LogP contribution >= 0.6 is 23.5 Å². The number of pyridine rings is 1. The number of ketones is 2. The Morgan fingerprint density at radius 1 is 1.11 bits per heavy atom. The highest BCUT2D eigenvalue weighted by molar-refractivity contribution is 8.04. The summed E-state index contributed by atoms with van der Waals surface area (Å²) in [6, 6.07) is 8.67. The number of nitrogens with zero attached hydrogens (tertiary/aromatic N) is 1. The Bertz CT molecular complexity index is 942. The maximum absolute atomic E-state index is 12.9. The molecule has 2 aromatic rings. The van der Waals surface area contributed by atoms with Crippen LogP contribution in [0.15, 0.2) is 58.1 Å². The fraction of sp³-hybridized carbons (Fsp3) is 0.167. The summed E-state index contributed by atoms with van der Waals surface area (Å²) in [5.41, 5.74) is -3.80. The van der Waals surface area contributed by atoms with E-state index in [4.69, 9.17) is 0 Å². The van der Waals surface area contributed by atoms with Crippen molar-refractivity contribution in [3.63, 3.8) is 0 Å². The van der Waals surface area contributed by atoms with Crippen LogP contribution in [0.5, 0.6) is 0 Å². The van der Waals surface area contributed by atoms with Gasteiger partial charge < -0.3 is 5.32 Å². The lowest BCUT2D eigenvalue weighted by Gasteiger charge is -2.21. The maximum Gasteiger partial charge on any atom is 0.446 e. The van der Waals surface area contributed by atoms with Gasteiger partial charge in [-0.3, -0.25) is 14.6 Å². The van der Waals surface area contributed by atoms with Gasteiger partial charge in [-0.25, -0.2) is 0 Å². The highest BCUT2D eigenvalue weighted by Gasteiger charge is 2.34. The van der Waals surface area contributed by atoms with Gasteiger partial charge in [-0.2, -0.15) is 13.2 Å². The Morgan fingerprint density at radius 3 is 2.59 bits per heavy atom. The first-order valence-corrected chi connectivity index (χ1v) is 9.64. The number of hydrogen-bond acceptors (Lipinski definition) is 6. The molecule has 0 unspecified atom stereocenters. The second-order valence-electron chi connectivity index (χ2n) is 5.40. The highest BCUT2D eigenvalue weighted by Crippen LogP contribution is 2.38. The molecule has 1 aromatic heterocycles. The van der Waals surface area contributed by atoms with Gasteiger partial charge in [0.2, 0.25) is 11.6 Å². The van der Waals surface area contributed by atoms with Gasteiger partial charge in [0.1, 0.15) is 11.4 Å². The van der Waals surface area contributed by atoms with Crippen molar-refractivity contribution < 1.29 is 22.8 Å². The molecule has 1 aliphatic rings. The van der Waals surface area contributed by atoms with Crippen LogP contribution in [0.25, 0.3) is 0 Å². The van der Waals surface area contributed by atoms with Crippen LogP contribution in [-0.4, -0.2) is 27.8 Å². The van der Waals surface area contributed by atoms with Crippen molar-refractivity contribution in [1.29, 1.82) is 0 Å². The van der Waals surface area contributed by atoms with Crippen LogP contribution < -0.4 is 5.32 Å². The molecule has 0 spiro atoms. The second kappa shape index (κ2) is 7.77. The third-order valence-corrected chi connectivity index (χ3v) is 5.24. The fourth-order valence-electron chi connectivity index (χ4n) is 2.54. The predicted octanol–water partition coefficient (Wildman–Crippen LogP) is 5.15. The quantitative estimate of drug-likeness (QED) is 0.688. The number of thioether (sulfide) groups is 2. The van der Waals surface area contributed by atoms with Crippen LogP contribution in [0.3, 0.4) is 0 Å². The number of carbonyl (C=O) groups excluding carboxylic acids is 2. The monoisotopic (exact) mass is 410 g/mol. The lowest BCUT2D eigenvalue weighted by Crippen LogP contribution is -2.26. The molecule has 0 atom stereocenters. The minimum atomic E-state index is -4.41. The van der Waals surface area contributed by atoms with Crippen molar-refractivity contribution in [2.75, 3.05) is 11.1 Å². The molecule has 4 nitrogen and oxygen atoms in total. The van der Waals surface area contributed by atoms with Gasteiger partial charge in [0.05, 0.1) is 10.5 Å². The van der Waals surface area contributed by atoms with E-state index in [0.717, 1.165) is 0 Å². The van der Waals surface area contributed by atoms with Crippen LogP contribution in [0.2, 0.25) is 0 Å². The highest BCUT2D eigenvalue weighted by atomic mass is 32.2. The van der Waals surface area contributed by atoms with Gasteiger partial charge in [-0.05, 0) is 47.8 Å². The van der Waals surface area contributed by atoms with Crippen LogP contribution in [0.1, 0.15) is 27.8 Å². The minimum absolute atomic E-state index is 0.0190. The normalized spacial score (nSPS) is 14.4. The average Bonchev–Trinajstić information content (AvgIpc) is 2.61. The SMILES string of the molecule is CCSC1=C(Nc2cccc(SC(F)(F)F)c2)C(=O)c2cccnc2C1=O. The lowest BCUT2D eigenvalue weighted by atomic mass is 9.96. The molecule has 0 amide bonds. The molecule has 3 rings (SSSR count). The largest absolute Gasteiger partial charge is 0.446 e. The molecule has 0 fully saturated rings. The first-order chi connectivity index (χ1) is 12.8. The number of hydrogen-bond donors (Lipinski definition) is 1. The zero-order valence-electron chi connectivity index (χ0n) is 14.0.